The molecule has 0 radical (unpaired) electrons. The zero-order valence-corrected chi connectivity index (χ0v) is 20.3. The lowest BCUT2D eigenvalue weighted by Crippen LogP contribution is -2.17. The van der Waals surface area contributed by atoms with Crippen molar-refractivity contribution in [3.8, 4) is 23.0 Å². The smallest absolute Gasteiger partial charge is 0.339 e. The molecule has 0 aliphatic carbocycles. The highest BCUT2D eigenvalue weighted by Crippen LogP contribution is 2.36. The zero-order chi connectivity index (χ0) is 25.1. The van der Waals surface area contributed by atoms with Crippen molar-refractivity contribution >= 4 is 24.1 Å². The first-order valence-electron chi connectivity index (χ1n) is 10.7. The van der Waals surface area contributed by atoms with Crippen molar-refractivity contribution in [2.75, 3.05) is 41.7 Å². The predicted molar refractivity (Wildman–Crippen MR) is 128 cm³/mol. The molecule has 0 N–H and O–H groups in total. The first-order chi connectivity index (χ1) is 16.4. The Morgan fingerprint density at radius 3 is 1.32 bits per heavy atom. The van der Waals surface area contributed by atoms with Gasteiger partial charge in [-0.15, -0.1) is 0 Å². The third-order valence-electron chi connectivity index (χ3n) is 4.75. The fraction of sp³-hybridized carbons (Fsp3) is 0.308. The minimum Gasteiger partial charge on any atom is -0.493 e. The van der Waals surface area contributed by atoms with Crippen LogP contribution in [0, 0.1) is 0 Å². The summed E-state index contributed by atoms with van der Waals surface area (Å²) in [5.74, 6) is 0.330. The Balaban J connectivity index is 2.84. The number of para-hydroxylation sites is 2. The molecule has 8 nitrogen and oxygen atoms in total. The molecule has 0 saturated heterocycles. The van der Waals surface area contributed by atoms with E-state index in [1.807, 2.05) is 0 Å². The van der Waals surface area contributed by atoms with E-state index in [4.69, 9.17) is 28.4 Å². The number of rotatable bonds is 11. The average molecular weight is 471 g/mol. The monoisotopic (exact) mass is 470 g/mol. The molecule has 0 heterocycles. The van der Waals surface area contributed by atoms with Gasteiger partial charge in [0.15, 0.2) is 23.0 Å². The molecule has 8 heteroatoms. The van der Waals surface area contributed by atoms with E-state index in [-0.39, 0.29) is 24.4 Å². The fourth-order valence-electron chi connectivity index (χ4n) is 3.27. The van der Waals surface area contributed by atoms with Crippen molar-refractivity contribution in [1.29, 1.82) is 0 Å². The fourth-order valence-corrected chi connectivity index (χ4v) is 3.27. The zero-order valence-electron chi connectivity index (χ0n) is 20.3. The topological polar surface area (TPSA) is 89.5 Å². The summed E-state index contributed by atoms with van der Waals surface area (Å²) in [4.78, 5) is 26.1. The highest BCUT2D eigenvalue weighted by atomic mass is 16.5. The molecular weight excluding hydrogens is 440 g/mol. The number of benzene rings is 2. The number of methoxy groups -OCH3 is 4. The van der Waals surface area contributed by atoms with Crippen LogP contribution < -0.4 is 18.9 Å². The van der Waals surface area contributed by atoms with Crippen molar-refractivity contribution < 1.29 is 38.0 Å². The number of carbonyl (C=O) groups excluding carboxylic acids is 2. The Hall–Kier alpha value is -3.94. The van der Waals surface area contributed by atoms with E-state index in [1.165, 1.54) is 40.6 Å². The summed E-state index contributed by atoms with van der Waals surface area (Å²) in [5, 5.41) is 0. The van der Waals surface area contributed by atoms with Gasteiger partial charge in [0.05, 0.1) is 52.8 Å². The van der Waals surface area contributed by atoms with Crippen LogP contribution in [-0.4, -0.2) is 53.6 Å². The van der Waals surface area contributed by atoms with Gasteiger partial charge in [-0.3, -0.25) is 0 Å². The van der Waals surface area contributed by atoms with Crippen LogP contribution in [0.5, 0.6) is 23.0 Å². The first-order valence-corrected chi connectivity index (χ1v) is 10.7. The van der Waals surface area contributed by atoms with E-state index in [9.17, 15) is 9.59 Å². The molecule has 0 aliphatic rings. The highest BCUT2D eigenvalue weighted by molar-refractivity contribution is 6.13. The van der Waals surface area contributed by atoms with Crippen LogP contribution in [-0.2, 0) is 19.1 Å². The molecule has 0 aromatic heterocycles. The molecule has 0 fully saturated rings. The largest absolute Gasteiger partial charge is 0.493 e. The molecule has 0 atom stereocenters. The van der Waals surface area contributed by atoms with Gasteiger partial charge in [0.25, 0.3) is 0 Å². The van der Waals surface area contributed by atoms with Crippen LogP contribution in [0.15, 0.2) is 47.5 Å². The Morgan fingerprint density at radius 2 is 1.03 bits per heavy atom. The van der Waals surface area contributed by atoms with Gasteiger partial charge in [-0.1, -0.05) is 24.3 Å². The van der Waals surface area contributed by atoms with Crippen molar-refractivity contribution in [2.24, 2.45) is 0 Å². The molecule has 0 unspecified atom stereocenters. The number of ether oxygens (including phenoxy) is 6. The molecule has 0 bridgehead atoms. The normalized spacial score (nSPS) is 11.5. The van der Waals surface area contributed by atoms with Gasteiger partial charge < -0.3 is 28.4 Å². The second-order valence-corrected chi connectivity index (χ2v) is 6.72. The van der Waals surface area contributed by atoms with Gasteiger partial charge >= 0.3 is 11.9 Å². The molecule has 0 spiro atoms. The molecule has 0 saturated carbocycles. The summed E-state index contributed by atoms with van der Waals surface area (Å²) < 4.78 is 32.2. The van der Waals surface area contributed by atoms with Crippen molar-refractivity contribution in [3.05, 3.63) is 58.7 Å². The number of esters is 2. The summed E-state index contributed by atoms with van der Waals surface area (Å²) >= 11 is 0. The minimum atomic E-state index is -0.700. The van der Waals surface area contributed by atoms with Gasteiger partial charge in [-0.25, -0.2) is 9.59 Å². The number of hydrogen-bond donors (Lipinski definition) is 0. The maximum Gasteiger partial charge on any atom is 0.339 e. The SMILES string of the molecule is CCOC(=O)C(=C/c1cccc(OC)c1OC)/C(=C\c1cccc(OC)c1OC)C(=O)OCC. The molecule has 34 heavy (non-hydrogen) atoms. The van der Waals surface area contributed by atoms with Crippen LogP contribution in [0.3, 0.4) is 0 Å². The standard InChI is InChI=1S/C26H30O8/c1-7-33-25(27)19(15-17-11-9-13-21(29-3)23(17)31-5)20(26(28)34-8-2)16-18-12-10-14-22(30-4)24(18)32-6/h9-16H,7-8H2,1-6H3/b19-15+,20-16+. The van der Waals surface area contributed by atoms with E-state index in [0.29, 0.717) is 34.1 Å². The summed E-state index contributed by atoms with van der Waals surface area (Å²) in [6.07, 6.45) is 3.02. The average Bonchev–Trinajstić information content (AvgIpc) is 2.85. The molecule has 2 aromatic carbocycles. The predicted octanol–water partition coefficient (Wildman–Crippen LogP) is 4.31. The van der Waals surface area contributed by atoms with Crippen molar-refractivity contribution in [3.63, 3.8) is 0 Å². The van der Waals surface area contributed by atoms with E-state index in [0.717, 1.165) is 0 Å². The Labute approximate surface area is 199 Å². The lowest BCUT2D eigenvalue weighted by Gasteiger charge is -2.15. The van der Waals surface area contributed by atoms with Crippen molar-refractivity contribution in [1.82, 2.24) is 0 Å². The quantitative estimate of drug-likeness (QED) is 0.273. The van der Waals surface area contributed by atoms with E-state index < -0.39 is 11.9 Å². The van der Waals surface area contributed by atoms with Gasteiger partial charge in [-0.05, 0) is 38.1 Å². The van der Waals surface area contributed by atoms with Crippen molar-refractivity contribution in [2.45, 2.75) is 13.8 Å². The Bertz CT molecular complexity index is 983. The third-order valence-corrected chi connectivity index (χ3v) is 4.75. The molecule has 0 aliphatic heterocycles. The molecule has 0 amide bonds. The molecular formula is C26H30O8. The van der Waals surface area contributed by atoms with Gasteiger partial charge in [-0.2, -0.15) is 0 Å². The van der Waals surface area contributed by atoms with Crippen LogP contribution in [0.2, 0.25) is 0 Å². The van der Waals surface area contributed by atoms with Gasteiger partial charge in [0.2, 0.25) is 0 Å². The summed E-state index contributed by atoms with van der Waals surface area (Å²) in [7, 11) is 6.00. The second kappa shape index (κ2) is 12.9. The van der Waals surface area contributed by atoms with Crippen LogP contribution in [0.25, 0.3) is 12.2 Å². The van der Waals surface area contributed by atoms with Crippen LogP contribution in [0.1, 0.15) is 25.0 Å². The van der Waals surface area contributed by atoms with Crippen LogP contribution >= 0.6 is 0 Å². The van der Waals surface area contributed by atoms with E-state index in [2.05, 4.69) is 0 Å². The second-order valence-electron chi connectivity index (χ2n) is 6.72. The Kier molecular flexibility index (Phi) is 10.0. The lowest BCUT2D eigenvalue weighted by molar-refractivity contribution is -0.141. The molecule has 2 aromatic rings. The third kappa shape index (κ3) is 6.10. The van der Waals surface area contributed by atoms with Crippen LogP contribution in [0.4, 0.5) is 0 Å². The molecule has 2 rings (SSSR count). The highest BCUT2D eigenvalue weighted by Gasteiger charge is 2.25. The summed E-state index contributed by atoms with van der Waals surface area (Å²) in [5.41, 5.74) is 0.990. The minimum absolute atomic E-state index is 0.0169. The van der Waals surface area contributed by atoms with E-state index >= 15 is 0 Å². The van der Waals surface area contributed by atoms with Gasteiger partial charge in [0, 0.05) is 11.1 Å². The Morgan fingerprint density at radius 1 is 0.647 bits per heavy atom. The number of hydrogen-bond acceptors (Lipinski definition) is 8. The maximum absolute atomic E-state index is 13.1. The molecule has 182 valence electrons. The first kappa shape index (κ1) is 26.3. The lowest BCUT2D eigenvalue weighted by atomic mass is 9.99. The van der Waals surface area contributed by atoms with Gasteiger partial charge in [0.1, 0.15) is 0 Å². The number of carbonyl (C=O) groups is 2. The maximum atomic E-state index is 13.1. The summed E-state index contributed by atoms with van der Waals surface area (Å²) in [6.45, 7) is 3.59. The van der Waals surface area contributed by atoms with E-state index in [1.54, 1.807) is 50.2 Å². The summed E-state index contributed by atoms with van der Waals surface area (Å²) in [6, 6.07) is 10.4.